The fourth-order valence-electron chi connectivity index (χ4n) is 4.00. The normalized spacial score (nSPS) is 23.6. The molecule has 2 aliphatic heterocycles. The average Bonchev–Trinajstić information content (AvgIpc) is 2.67. The Morgan fingerprint density at radius 1 is 1.25 bits per heavy atom. The highest BCUT2D eigenvalue weighted by Crippen LogP contribution is 2.26. The van der Waals surface area contributed by atoms with Crippen LogP contribution in [0.25, 0.3) is 0 Å². The molecule has 158 valence electrons. The number of carbonyl (C=O) groups excluding carboxylic acids is 1. The summed E-state index contributed by atoms with van der Waals surface area (Å²) < 4.78 is 27.7. The Labute approximate surface area is 174 Å². The fourth-order valence-corrected chi connectivity index (χ4v) is 5.73. The van der Waals surface area contributed by atoms with Crippen LogP contribution in [0.4, 0.5) is 0 Å². The molecule has 2 heterocycles. The Kier molecular flexibility index (Phi) is 8.30. The molecular weight excluding hydrogens is 398 g/mol. The first-order valence-electron chi connectivity index (χ1n) is 10.0. The van der Waals surface area contributed by atoms with Gasteiger partial charge in [-0.1, -0.05) is 12.5 Å². The highest BCUT2D eigenvalue weighted by atomic mass is 35.5. The Balaban J connectivity index is 0.00000280. The molecule has 2 fully saturated rings. The molecule has 1 amide bonds. The molecule has 8 heteroatoms. The zero-order valence-electron chi connectivity index (χ0n) is 16.7. The van der Waals surface area contributed by atoms with E-state index in [4.69, 9.17) is 0 Å². The van der Waals surface area contributed by atoms with Gasteiger partial charge in [0.05, 0.1) is 4.90 Å². The van der Waals surface area contributed by atoms with Gasteiger partial charge in [0.2, 0.25) is 10.0 Å². The molecule has 0 radical (unpaired) electrons. The van der Waals surface area contributed by atoms with E-state index in [2.05, 4.69) is 10.6 Å². The summed E-state index contributed by atoms with van der Waals surface area (Å²) in [6.07, 6.45) is 5.06. The second kappa shape index (κ2) is 10.1. The minimum Gasteiger partial charge on any atom is -0.352 e. The maximum atomic E-state index is 13.1. The van der Waals surface area contributed by atoms with Gasteiger partial charge in [0.15, 0.2) is 0 Å². The van der Waals surface area contributed by atoms with E-state index >= 15 is 0 Å². The molecule has 0 bridgehead atoms. The first-order chi connectivity index (χ1) is 12.9. The van der Waals surface area contributed by atoms with Crippen molar-refractivity contribution in [1.82, 2.24) is 14.9 Å². The summed E-state index contributed by atoms with van der Waals surface area (Å²) in [4.78, 5) is 12.9. The number of nitrogens with zero attached hydrogens (tertiary/aromatic N) is 1. The van der Waals surface area contributed by atoms with E-state index in [0.717, 1.165) is 50.8 Å². The predicted molar refractivity (Wildman–Crippen MR) is 114 cm³/mol. The van der Waals surface area contributed by atoms with Crippen LogP contribution in [0.1, 0.15) is 54.9 Å². The van der Waals surface area contributed by atoms with E-state index in [9.17, 15) is 13.2 Å². The number of halogens is 1. The van der Waals surface area contributed by atoms with Crippen LogP contribution in [0.5, 0.6) is 0 Å². The lowest BCUT2D eigenvalue weighted by molar-refractivity contribution is 0.0944. The minimum atomic E-state index is -3.58. The summed E-state index contributed by atoms with van der Waals surface area (Å²) in [6, 6.07) is 4.90. The molecule has 28 heavy (non-hydrogen) atoms. The van der Waals surface area contributed by atoms with Gasteiger partial charge in [-0.3, -0.25) is 4.79 Å². The van der Waals surface area contributed by atoms with Gasteiger partial charge in [-0.05, 0) is 76.2 Å². The van der Waals surface area contributed by atoms with Crippen molar-refractivity contribution in [3.63, 3.8) is 0 Å². The molecule has 0 aromatic heterocycles. The molecule has 2 atom stereocenters. The molecule has 0 aliphatic carbocycles. The van der Waals surface area contributed by atoms with Crippen LogP contribution < -0.4 is 10.6 Å². The maximum Gasteiger partial charge on any atom is 0.251 e. The van der Waals surface area contributed by atoms with Crippen molar-refractivity contribution in [3.8, 4) is 0 Å². The van der Waals surface area contributed by atoms with E-state index in [0.29, 0.717) is 24.6 Å². The summed E-state index contributed by atoms with van der Waals surface area (Å²) in [5.74, 6) is 0.242. The number of nitrogens with one attached hydrogen (secondary N) is 2. The lowest BCUT2D eigenvalue weighted by Crippen LogP contribution is -2.42. The second-order valence-electron chi connectivity index (χ2n) is 7.86. The van der Waals surface area contributed by atoms with Gasteiger partial charge < -0.3 is 10.6 Å². The monoisotopic (exact) mass is 429 g/mol. The Bertz CT molecular complexity index is 779. The van der Waals surface area contributed by atoms with Crippen molar-refractivity contribution in [2.75, 3.05) is 26.2 Å². The van der Waals surface area contributed by atoms with Crippen molar-refractivity contribution < 1.29 is 13.2 Å². The molecule has 1 aromatic carbocycles. The SMILES string of the molecule is Cc1ccc(S(=O)(=O)N2CCCCC2C)cc1C(=O)NCC1CCCNC1.Cl. The average molecular weight is 430 g/mol. The van der Waals surface area contributed by atoms with Gasteiger partial charge in [0.25, 0.3) is 5.91 Å². The maximum absolute atomic E-state index is 13.1. The number of hydrogen-bond donors (Lipinski definition) is 2. The standard InChI is InChI=1S/C20H31N3O3S.ClH/c1-15-8-9-18(27(25,26)23-11-4-3-6-16(23)2)12-19(15)20(24)22-14-17-7-5-10-21-13-17;/h8-9,12,16-17,21H,3-7,10-11,13-14H2,1-2H3,(H,22,24);1H. The number of aryl methyl sites for hydroxylation is 1. The van der Waals surface area contributed by atoms with E-state index in [1.54, 1.807) is 22.5 Å². The van der Waals surface area contributed by atoms with Crippen LogP contribution in [0.15, 0.2) is 23.1 Å². The van der Waals surface area contributed by atoms with Crippen molar-refractivity contribution in [1.29, 1.82) is 0 Å². The number of benzene rings is 1. The highest BCUT2D eigenvalue weighted by molar-refractivity contribution is 7.89. The summed E-state index contributed by atoms with van der Waals surface area (Å²) in [5, 5.41) is 6.33. The molecule has 3 rings (SSSR count). The zero-order valence-corrected chi connectivity index (χ0v) is 18.4. The Morgan fingerprint density at radius 3 is 2.71 bits per heavy atom. The number of rotatable bonds is 5. The summed E-state index contributed by atoms with van der Waals surface area (Å²) >= 11 is 0. The quantitative estimate of drug-likeness (QED) is 0.754. The third kappa shape index (κ3) is 5.26. The zero-order chi connectivity index (χ0) is 19.4. The van der Waals surface area contributed by atoms with Gasteiger partial charge in [-0.15, -0.1) is 12.4 Å². The minimum absolute atomic E-state index is 0. The summed E-state index contributed by atoms with van der Waals surface area (Å²) in [6.45, 7) is 6.92. The van der Waals surface area contributed by atoms with Crippen molar-refractivity contribution in [3.05, 3.63) is 29.3 Å². The molecule has 2 aliphatic rings. The van der Waals surface area contributed by atoms with Crippen molar-refractivity contribution >= 4 is 28.3 Å². The van der Waals surface area contributed by atoms with Gasteiger partial charge in [0, 0.05) is 24.7 Å². The molecule has 2 unspecified atom stereocenters. The third-order valence-corrected chi connectivity index (χ3v) is 7.76. The van der Waals surface area contributed by atoms with Crippen molar-refractivity contribution in [2.24, 2.45) is 5.92 Å². The third-order valence-electron chi connectivity index (χ3n) is 5.75. The molecular formula is C20H32ClN3O3S. The molecule has 0 saturated carbocycles. The van der Waals surface area contributed by atoms with Crippen LogP contribution in [-0.2, 0) is 10.0 Å². The number of hydrogen-bond acceptors (Lipinski definition) is 4. The number of piperidine rings is 2. The van der Waals surface area contributed by atoms with Gasteiger partial charge in [-0.25, -0.2) is 8.42 Å². The Hall–Kier alpha value is -1.15. The number of carbonyl (C=O) groups is 1. The first-order valence-corrected chi connectivity index (χ1v) is 11.4. The van der Waals surface area contributed by atoms with Crippen LogP contribution >= 0.6 is 12.4 Å². The largest absolute Gasteiger partial charge is 0.352 e. The molecule has 2 saturated heterocycles. The smallest absolute Gasteiger partial charge is 0.251 e. The van der Waals surface area contributed by atoms with Crippen LogP contribution in [-0.4, -0.2) is 50.9 Å². The second-order valence-corrected chi connectivity index (χ2v) is 9.75. The van der Waals surface area contributed by atoms with Crippen LogP contribution in [0.3, 0.4) is 0 Å². The lowest BCUT2D eigenvalue weighted by Gasteiger charge is -2.32. The summed E-state index contributed by atoms with van der Waals surface area (Å²) in [7, 11) is -3.58. The number of amides is 1. The van der Waals surface area contributed by atoms with Gasteiger partial charge in [-0.2, -0.15) is 4.31 Å². The molecule has 0 spiro atoms. The topological polar surface area (TPSA) is 78.5 Å². The summed E-state index contributed by atoms with van der Waals surface area (Å²) in [5.41, 5.74) is 1.24. The van der Waals surface area contributed by atoms with E-state index in [1.165, 1.54) is 0 Å². The van der Waals surface area contributed by atoms with Gasteiger partial charge in [0.1, 0.15) is 0 Å². The van der Waals surface area contributed by atoms with Crippen molar-refractivity contribution in [2.45, 2.75) is 56.9 Å². The fraction of sp³-hybridized carbons (Fsp3) is 0.650. The lowest BCUT2D eigenvalue weighted by atomic mass is 9.99. The van der Waals surface area contributed by atoms with Gasteiger partial charge >= 0.3 is 0 Å². The Morgan fingerprint density at radius 2 is 2.04 bits per heavy atom. The van der Waals surface area contributed by atoms with Crippen LogP contribution in [0.2, 0.25) is 0 Å². The number of sulfonamides is 1. The molecule has 6 nitrogen and oxygen atoms in total. The first kappa shape index (κ1) is 23.1. The predicted octanol–water partition coefficient (Wildman–Crippen LogP) is 2.71. The molecule has 2 N–H and O–H groups in total. The molecule has 1 aromatic rings. The van der Waals surface area contributed by atoms with Crippen LogP contribution in [0, 0.1) is 12.8 Å². The van der Waals surface area contributed by atoms with E-state index in [1.807, 2.05) is 13.8 Å². The van der Waals surface area contributed by atoms with E-state index < -0.39 is 10.0 Å². The van der Waals surface area contributed by atoms with E-state index in [-0.39, 0.29) is 29.3 Å². The highest BCUT2D eigenvalue weighted by Gasteiger charge is 2.31.